The van der Waals surface area contributed by atoms with Crippen LogP contribution in [0.3, 0.4) is 0 Å². The first-order valence-corrected chi connectivity index (χ1v) is 10.0. The lowest BCUT2D eigenvalue weighted by molar-refractivity contribution is -0.137. The predicted octanol–water partition coefficient (Wildman–Crippen LogP) is 6.10. The fraction of sp³-hybridized carbons (Fsp3) is 0.240. The SMILES string of the molecule is CN(C)CCC(NC(=O)/C=C/c1ccc(C(F)(F)F)cc1)c1ccc2ccccc2c1.Cl. The third-order valence-electron chi connectivity index (χ3n) is 5.02. The van der Waals surface area contributed by atoms with E-state index in [9.17, 15) is 18.0 Å². The zero-order valence-corrected chi connectivity index (χ0v) is 18.7. The molecular formula is C25H26ClF3N2O. The highest BCUT2D eigenvalue weighted by molar-refractivity contribution is 5.92. The Morgan fingerprint density at radius 1 is 1.00 bits per heavy atom. The summed E-state index contributed by atoms with van der Waals surface area (Å²) in [7, 11) is 3.95. The smallest absolute Gasteiger partial charge is 0.346 e. The molecule has 0 aromatic heterocycles. The van der Waals surface area contributed by atoms with Gasteiger partial charge in [-0.25, -0.2) is 0 Å². The van der Waals surface area contributed by atoms with Crippen molar-refractivity contribution in [3.8, 4) is 0 Å². The van der Waals surface area contributed by atoms with Crippen LogP contribution in [0.25, 0.3) is 16.8 Å². The molecule has 3 nitrogen and oxygen atoms in total. The monoisotopic (exact) mass is 462 g/mol. The molecule has 0 saturated heterocycles. The molecular weight excluding hydrogens is 437 g/mol. The number of carbonyl (C=O) groups excluding carboxylic acids is 1. The van der Waals surface area contributed by atoms with Gasteiger partial charge in [0.25, 0.3) is 0 Å². The average Bonchev–Trinajstić information content (AvgIpc) is 2.74. The van der Waals surface area contributed by atoms with Gasteiger partial charge in [-0.15, -0.1) is 12.4 Å². The van der Waals surface area contributed by atoms with E-state index in [0.29, 0.717) is 5.56 Å². The topological polar surface area (TPSA) is 32.3 Å². The van der Waals surface area contributed by atoms with Crippen molar-refractivity contribution in [1.29, 1.82) is 0 Å². The van der Waals surface area contributed by atoms with E-state index in [1.807, 2.05) is 50.5 Å². The second kappa shape index (κ2) is 11.2. The number of benzene rings is 3. The highest BCUT2D eigenvalue weighted by Crippen LogP contribution is 2.29. The highest BCUT2D eigenvalue weighted by Gasteiger charge is 2.29. The third kappa shape index (κ3) is 7.11. The number of alkyl halides is 3. The summed E-state index contributed by atoms with van der Waals surface area (Å²) < 4.78 is 38.0. The van der Waals surface area contributed by atoms with Gasteiger partial charge in [-0.05, 0) is 73.2 Å². The van der Waals surface area contributed by atoms with Crippen molar-refractivity contribution in [2.75, 3.05) is 20.6 Å². The Labute approximate surface area is 192 Å². The number of halogens is 4. The number of hydrogen-bond donors (Lipinski definition) is 1. The number of carbonyl (C=O) groups is 1. The quantitative estimate of drug-likeness (QED) is 0.430. The molecule has 0 fully saturated rings. The van der Waals surface area contributed by atoms with E-state index >= 15 is 0 Å². The van der Waals surface area contributed by atoms with Gasteiger partial charge in [0.2, 0.25) is 5.91 Å². The Hall–Kier alpha value is -2.83. The van der Waals surface area contributed by atoms with E-state index < -0.39 is 11.7 Å². The molecule has 3 aromatic rings. The van der Waals surface area contributed by atoms with Crippen molar-refractivity contribution in [3.05, 3.63) is 89.5 Å². The Kier molecular flexibility index (Phi) is 8.87. The molecule has 0 radical (unpaired) electrons. The Morgan fingerprint density at radius 2 is 1.66 bits per heavy atom. The van der Waals surface area contributed by atoms with Crippen molar-refractivity contribution in [2.45, 2.75) is 18.6 Å². The lowest BCUT2D eigenvalue weighted by Crippen LogP contribution is -2.29. The van der Waals surface area contributed by atoms with Gasteiger partial charge in [-0.1, -0.05) is 48.5 Å². The maximum absolute atomic E-state index is 12.7. The molecule has 0 aliphatic rings. The molecule has 0 saturated carbocycles. The van der Waals surface area contributed by atoms with E-state index in [0.717, 1.165) is 41.4 Å². The molecule has 1 amide bonds. The minimum absolute atomic E-state index is 0. The molecule has 0 heterocycles. The maximum Gasteiger partial charge on any atom is 0.416 e. The van der Waals surface area contributed by atoms with E-state index in [4.69, 9.17) is 0 Å². The zero-order valence-electron chi connectivity index (χ0n) is 17.9. The fourth-order valence-corrected chi connectivity index (χ4v) is 3.31. The third-order valence-corrected chi connectivity index (χ3v) is 5.02. The summed E-state index contributed by atoms with van der Waals surface area (Å²) in [6.07, 6.45) is -0.782. The Morgan fingerprint density at radius 3 is 2.28 bits per heavy atom. The summed E-state index contributed by atoms with van der Waals surface area (Å²) >= 11 is 0. The molecule has 3 aromatic carbocycles. The molecule has 1 atom stereocenters. The molecule has 0 bridgehead atoms. The summed E-state index contributed by atoms with van der Waals surface area (Å²) in [6.45, 7) is 0.792. The van der Waals surface area contributed by atoms with Crippen LogP contribution in [0.15, 0.2) is 72.8 Å². The van der Waals surface area contributed by atoms with Crippen LogP contribution in [0.5, 0.6) is 0 Å². The van der Waals surface area contributed by atoms with Crippen LogP contribution in [0.2, 0.25) is 0 Å². The van der Waals surface area contributed by atoms with Crippen LogP contribution in [-0.4, -0.2) is 31.4 Å². The van der Waals surface area contributed by atoms with Gasteiger partial charge < -0.3 is 10.2 Å². The van der Waals surface area contributed by atoms with E-state index in [1.54, 1.807) is 0 Å². The zero-order chi connectivity index (χ0) is 22.4. The lowest BCUT2D eigenvalue weighted by atomic mass is 9.99. The maximum atomic E-state index is 12.7. The largest absolute Gasteiger partial charge is 0.416 e. The predicted molar refractivity (Wildman–Crippen MR) is 126 cm³/mol. The first-order valence-electron chi connectivity index (χ1n) is 10.0. The summed E-state index contributed by atoms with van der Waals surface area (Å²) in [5, 5.41) is 5.26. The van der Waals surface area contributed by atoms with Gasteiger partial charge in [0.1, 0.15) is 0 Å². The fourth-order valence-electron chi connectivity index (χ4n) is 3.31. The summed E-state index contributed by atoms with van der Waals surface area (Å²) in [6, 6.07) is 18.7. The molecule has 0 aliphatic heterocycles. The van der Waals surface area contributed by atoms with Crippen LogP contribution < -0.4 is 5.32 Å². The summed E-state index contributed by atoms with van der Waals surface area (Å²) in [4.78, 5) is 14.6. The van der Waals surface area contributed by atoms with Gasteiger partial charge in [0.15, 0.2) is 0 Å². The first kappa shape index (κ1) is 25.4. The number of amides is 1. The number of nitrogens with one attached hydrogen (secondary N) is 1. The van der Waals surface area contributed by atoms with Gasteiger partial charge in [-0.3, -0.25) is 4.79 Å². The second-order valence-electron chi connectivity index (χ2n) is 7.71. The van der Waals surface area contributed by atoms with Crippen molar-refractivity contribution in [2.24, 2.45) is 0 Å². The molecule has 3 rings (SSSR count). The molecule has 1 unspecified atom stereocenters. The minimum atomic E-state index is -4.38. The number of nitrogens with zero attached hydrogens (tertiary/aromatic N) is 1. The van der Waals surface area contributed by atoms with E-state index in [2.05, 4.69) is 16.3 Å². The molecule has 0 aliphatic carbocycles. The van der Waals surface area contributed by atoms with Gasteiger partial charge in [-0.2, -0.15) is 13.2 Å². The van der Waals surface area contributed by atoms with Crippen molar-refractivity contribution < 1.29 is 18.0 Å². The molecule has 7 heteroatoms. The van der Waals surface area contributed by atoms with Gasteiger partial charge in [0, 0.05) is 6.08 Å². The van der Waals surface area contributed by atoms with Crippen molar-refractivity contribution >= 4 is 35.2 Å². The Bertz CT molecular complexity index is 1060. The molecule has 32 heavy (non-hydrogen) atoms. The standard InChI is InChI=1S/C25H25F3N2O.ClH/c1-30(2)16-15-23(21-11-10-19-5-3-4-6-20(19)17-21)29-24(31)14-9-18-7-12-22(13-8-18)25(26,27)28;/h3-14,17,23H,15-16H2,1-2H3,(H,29,31);1H/b14-9+;. The molecule has 170 valence electrons. The van der Waals surface area contributed by atoms with Gasteiger partial charge in [0.05, 0.1) is 11.6 Å². The normalized spacial score (nSPS) is 12.7. The highest BCUT2D eigenvalue weighted by atomic mass is 35.5. The van der Waals surface area contributed by atoms with Crippen molar-refractivity contribution in [3.63, 3.8) is 0 Å². The number of fused-ring (bicyclic) bond motifs is 1. The minimum Gasteiger partial charge on any atom is -0.346 e. The molecule has 1 N–H and O–H groups in total. The summed E-state index contributed by atoms with van der Waals surface area (Å²) in [5.41, 5.74) is 0.824. The average molecular weight is 463 g/mol. The second-order valence-corrected chi connectivity index (χ2v) is 7.71. The van der Waals surface area contributed by atoms with E-state index in [-0.39, 0.29) is 24.4 Å². The van der Waals surface area contributed by atoms with Crippen LogP contribution in [0, 0.1) is 0 Å². The number of hydrogen-bond acceptors (Lipinski definition) is 2. The number of rotatable bonds is 7. The Balaban J connectivity index is 0.00000363. The van der Waals surface area contributed by atoms with Crippen molar-refractivity contribution in [1.82, 2.24) is 10.2 Å². The van der Waals surface area contributed by atoms with Crippen LogP contribution in [0.4, 0.5) is 13.2 Å². The van der Waals surface area contributed by atoms with Crippen LogP contribution in [0.1, 0.15) is 29.2 Å². The van der Waals surface area contributed by atoms with Crippen LogP contribution in [-0.2, 0) is 11.0 Å². The lowest BCUT2D eigenvalue weighted by Gasteiger charge is -2.21. The van der Waals surface area contributed by atoms with Gasteiger partial charge >= 0.3 is 6.18 Å². The van der Waals surface area contributed by atoms with Crippen LogP contribution >= 0.6 is 12.4 Å². The summed E-state index contributed by atoms with van der Waals surface area (Å²) in [5.74, 6) is -0.295. The molecule has 0 spiro atoms. The first-order chi connectivity index (χ1) is 14.7. The van der Waals surface area contributed by atoms with E-state index in [1.165, 1.54) is 24.3 Å².